The van der Waals surface area contributed by atoms with Gasteiger partial charge in [-0.25, -0.2) is 14.6 Å². The molecule has 0 aliphatic carbocycles. The summed E-state index contributed by atoms with van der Waals surface area (Å²) in [5.41, 5.74) is -0.698. The van der Waals surface area contributed by atoms with E-state index in [1.54, 1.807) is 39.1 Å². The average Bonchev–Trinajstić information content (AvgIpc) is 2.52. The summed E-state index contributed by atoms with van der Waals surface area (Å²) in [5.74, 6) is 0.0737. The molecule has 0 aliphatic heterocycles. The Morgan fingerprint density at radius 3 is 2.48 bits per heavy atom. The Balaban J connectivity index is 2.67. The van der Waals surface area contributed by atoms with Crippen molar-refractivity contribution < 1.29 is 24.2 Å². The summed E-state index contributed by atoms with van der Waals surface area (Å²) in [6.07, 6.45) is -0.133. The summed E-state index contributed by atoms with van der Waals surface area (Å²) < 4.78 is 6.11. The van der Waals surface area contributed by atoms with Gasteiger partial charge < -0.3 is 25.0 Å². The fourth-order valence-corrected chi connectivity index (χ4v) is 2.24. The van der Waals surface area contributed by atoms with Gasteiger partial charge in [0.05, 0.1) is 0 Å². The fraction of sp³-hybridized carbons (Fsp3) is 0.529. The van der Waals surface area contributed by atoms with E-state index in [0.29, 0.717) is 5.82 Å². The number of halogens is 1. The summed E-state index contributed by atoms with van der Waals surface area (Å²) in [5, 5.41) is 11.6. The molecule has 0 unspecified atom stereocenters. The second-order valence-corrected chi connectivity index (χ2v) is 7.74. The Morgan fingerprint density at radius 1 is 1.26 bits per heavy atom. The topological polar surface area (TPSA) is 112 Å². The molecular weight excluding hydrogens is 420 g/mol. The molecule has 1 aromatic heterocycles. The Morgan fingerprint density at radius 2 is 1.93 bits per heavy atom. The normalized spacial score (nSPS) is 10.9. The number of carbonyl (C=O) groups excluding carboxylic acids is 2. The van der Waals surface area contributed by atoms with Gasteiger partial charge in [-0.1, -0.05) is 15.9 Å². The highest BCUT2D eigenvalue weighted by atomic mass is 79.9. The molecule has 9 nitrogen and oxygen atoms in total. The summed E-state index contributed by atoms with van der Waals surface area (Å²) in [7, 11) is 1.40. The number of carboxylic acid groups (broad SMARTS) is 1. The van der Waals surface area contributed by atoms with E-state index >= 15 is 0 Å². The lowest BCUT2D eigenvalue weighted by Crippen LogP contribution is -2.42. The minimum Gasteiger partial charge on any atom is -0.465 e. The molecule has 0 atom stereocenters. The molecule has 0 saturated heterocycles. The molecule has 0 fully saturated rings. The fourth-order valence-electron chi connectivity index (χ4n) is 1.90. The van der Waals surface area contributed by atoms with Gasteiger partial charge in [-0.15, -0.1) is 0 Å². The minimum absolute atomic E-state index is 0.0181. The Bertz CT molecular complexity index is 678. The Labute approximate surface area is 166 Å². The van der Waals surface area contributed by atoms with Crippen molar-refractivity contribution in [1.29, 1.82) is 0 Å². The number of anilines is 1. The van der Waals surface area contributed by atoms with Crippen molar-refractivity contribution in [1.82, 2.24) is 14.8 Å². The standard InChI is InChI=1S/C17H25BrN4O5/c1-17(2,3)27-16(26)22(10-9-21(4)15(24)25)8-6-14(23)20-13-11-12(18)5-7-19-13/h5,7,11H,6,8-10H2,1-4H3,(H,24,25)(H,19,20,23). The van der Waals surface area contributed by atoms with E-state index in [4.69, 9.17) is 9.84 Å². The number of nitrogens with one attached hydrogen (secondary N) is 1. The van der Waals surface area contributed by atoms with Gasteiger partial charge in [0.15, 0.2) is 0 Å². The van der Waals surface area contributed by atoms with Crippen molar-refractivity contribution in [2.45, 2.75) is 32.8 Å². The van der Waals surface area contributed by atoms with E-state index in [1.165, 1.54) is 11.9 Å². The van der Waals surface area contributed by atoms with E-state index in [1.807, 2.05) is 0 Å². The molecular formula is C17H25BrN4O5. The average molecular weight is 445 g/mol. The van der Waals surface area contributed by atoms with Gasteiger partial charge in [0.2, 0.25) is 5.91 Å². The number of ether oxygens (including phenoxy) is 1. The maximum atomic E-state index is 12.3. The quantitative estimate of drug-likeness (QED) is 0.668. The Hall–Kier alpha value is -2.36. The first-order valence-electron chi connectivity index (χ1n) is 8.31. The highest BCUT2D eigenvalue weighted by Crippen LogP contribution is 2.13. The molecule has 0 radical (unpaired) electrons. The molecule has 1 rings (SSSR count). The number of aromatic nitrogens is 1. The van der Waals surface area contributed by atoms with Gasteiger partial charge in [-0.2, -0.15) is 0 Å². The second kappa shape index (κ2) is 10.1. The minimum atomic E-state index is -1.10. The maximum absolute atomic E-state index is 12.3. The first kappa shape index (κ1) is 22.7. The second-order valence-electron chi connectivity index (χ2n) is 6.83. The number of pyridine rings is 1. The number of hydrogen-bond donors (Lipinski definition) is 2. The van der Waals surface area contributed by atoms with Crippen LogP contribution in [0.15, 0.2) is 22.8 Å². The summed E-state index contributed by atoms with van der Waals surface area (Å²) in [6.45, 7) is 5.50. The number of rotatable bonds is 7. The smallest absolute Gasteiger partial charge is 0.410 e. The van der Waals surface area contributed by atoms with Crippen LogP contribution in [-0.2, 0) is 9.53 Å². The van der Waals surface area contributed by atoms with Crippen LogP contribution in [0.1, 0.15) is 27.2 Å². The van der Waals surface area contributed by atoms with Crippen LogP contribution in [0.5, 0.6) is 0 Å². The van der Waals surface area contributed by atoms with Crippen LogP contribution >= 0.6 is 15.9 Å². The van der Waals surface area contributed by atoms with Crippen LogP contribution in [-0.4, -0.2) is 70.3 Å². The van der Waals surface area contributed by atoms with Gasteiger partial charge in [0.25, 0.3) is 0 Å². The summed E-state index contributed by atoms with van der Waals surface area (Å²) in [6, 6.07) is 3.39. The predicted molar refractivity (Wildman–Crippen MR) is 104 cm³/mol. The molecule has 1 aromatic rings. The van der Waals surface area contributed by atoms with Gasteiger partial charge >= 0.3 is 12.2 Å². The third-order valence-electron chi connectivity index (χ3n) is 3.28. The molecule has 0 spiro atoms. The molecule has 27 heavy (non-hydrogen) atoms. The van der Waals surface area contributed by atoms with Gasteiger partial charge in [-0.3, -0.25) is 4.79 Å². The van der Waals surface area contributed by atoms with Crippen LogP contribution in [0, 0.1) is 0 Å². The number of nitrogens with zero attached hydrogens (tertiary/aromatic N) is 3. The summed E-state index contributed by atoms with van der Waals surface area (Å²) in [4.78, 5) is 41.8. The van der Waals surface area contributed by atoms with Gasteiger partial charge in [-0.05, 0) is 32.9 Å². The van der Waals surface area contributed by atoms with Gasteiger partial charge in [0.1, 0.15) is 11.4 Å². The third-order valence-corrected chi connectivity index (χ3v) is 3.78. The largest absolute Gasteiger partial charge is 0.465 e. The molecule has 3 amide bonds. The SMILES string of the molecule is CN(CCN(CCC(=O)Nc1cc(Br)ccn1)C(=O)OC(C)(C)C)C(=O)O. The lowest BCUT2D eigenvalue weighted by Gasteiger charge is -2.28. The zero-order valence-electron chi connectivity index (χ0n) is 15.9. The highest BCUT2D eigenvalue weighted by Gasteiger charge is 2.23. The van der Waals surface area contributed by atoms with Crippen LogP contribution in [0.25, 0.3) is 0 Å². The first-order valence-corrected chi connectivity index (χ1v) is 9.10. The number of carbonyl (C=O) groups is 3. The molecule has 0 bridgehead atoms. The molecule has 10 heteroatoms. The van der Waals surface area contributed by atoms with E-state index < -0.39 is 17.8 Å². The van der Waals surface area contributed by atoms with Crippen molar-refractivity contribution in [3.63, 3.8) is 0 Å². The van der Waals surface area contributed by atoms with E-state index in [-0.39, 0.29) is 32.0 Å². The molecule has 0 aromatic carbocycles. The lowest BCUT2D eigenvalue weighted by atomic mass is 10.2. The predicted octanol–water partition coefficient (Wildman–Crippen LogP) is 3.02. The maximum Gasteiger partial charge on any atom is 0.410 e. The van der Waals surface area contributed by atoms with Gasteiger partial charge in [0, 0.05) is 43.8 Å². The van der Waals surface area contributed by atoms with E-state index in [2.05, 4.69) is 26.2 Å². The van der Waals surface area contributed by atoms with Crippen molar-refractivity contribution in [3.05, 3.63) is 22.8 Å². The highest BCUT2D eigenvalue weighted by molar-refractivity contribution is 9.10. The van der Waals surface area contributed by atoms with Crippen molar-refractivity contribution >= 4 is 39.8 Å². The van der Waals surface area contributed by atoms with Crippen LogP contribution < -0.4 is 5.32 Å². The molecule has 0 saturated carbocycles. The Kier molecular flexibility index (Phi) is 8.48. The summed E-state index contributed by atoms with van der Waals surface area (Å²) >= 11 is 3.29. The van der Waals surface area contributed by atoms with Crippen LogP contribution in [0.3, 0.4) is 0 Å². The van der Waals surface area contributed by atoms with E-state index in [9.17, 15) is 14.4 Å². The zero-order valence-corrected chi connectivity index (χ0v) is 17.4. The monoisotopic (exact) mass is 444 g/mol. The molecule has 150 valence electrons. The van der Waals surface area contributed by atoms with Crippen molar-refractivity contribution in [2.75, 3.05) is 32.0 Å². The van der Waals surface area contributed by atoms with Crippen LogP contribution in [0.4, 0.5) is 15.4 Å². The number of likely N-dealkylation sites (N-methyl/N-ethyl adjacent to an activating group) is 1. The van der Waals surface area contributed by atoms with E-state index in [0.717, 1.165) is 9.37 Å². The lowest BCUT2D eigenvalue weighted by molar-refractivity contribution is -0.116. The zero-order chi connectivity index (χ0) is 20.6. The van der Waals surface area contributed by atoms with Crippen LogP contribution in [0.2, 0.25) is 0 Å². The number of hydrogen-bond acceptors (Lipinski definition) is 5. The molecule has 1 heterocycles. The van der Waals surface area contributed by atoms with Crippen molar-refractivity contribution in [2.24, 2.45) is 0 Å². The van der Waals surface area contributed by atoms with Crippen molar-refractivity contribution in [3.8, 4) is 0 Å². The first-order chi connectivity index (χ1) is 12.5. The molecule has 2 N–H and O–H groups in total. The number of amides is 3. The third kappa shape index (κ3) is 9.23. The molecule has 0 aliphatic rings.